The van der Waals surface area contributed by atoms with Crippen molar-refractivity contribution in [2.24, 2.45) is 5.92 Å². The van der Waals surface area contributed by atoms with Crippen molar-refractivity contribution in [1.29, 1.82) is 0 Å². The number of amides is 1. The lowest BCUT2D eigenvalue weighted by Gasteiger charge is -2.29. The lowest BCUT2D eigenvalue weighted by atomic mass is 9.77. The number of hydrogen-bond donors (Lipinski definition) is 2. The van der Waals surface area contributed by atoms with E-state index in [-0.39, 0.29) is 11.4 Å². The smallest absolute Gasteiger partial charge is 0.276 e. The number of carbonyl (C=O) groups excluding carboxylic acids is 1. The van der Waals surface area contributed by atoms with Crippen LogP contribution in [-0.2, 0) is 0 Å². The monoisotopic (exact) mass is 304 g/mol. The minimum Gasteiger partial charge on any atom is -0.441 e. The molecule has 6 heteroatoms. The first-order chi connectivity index (χ1) is 10.7. The topological polar surface area (TPSA) is 71.5 Å². The van der Waals surface area contributed by atoms with Gasteiger partial charge in [0.15, 0.2) is 5.82 Å². The highest BCUT2D eigenvalue weighted by Gasteiger charge is 2.23. The number of halogens is 1. The maximum Gasteiger partial charge on any atom is 0.276 e. The number of nitrogens with one attached hydrogen (secondary N) is 1. The summed E-state index contributed by atoms with van der Waals surface area (Å²) in [5.74, 6) is -0.349. The average molecular weight is 304 g/mol. The van der Waals surface area contributed by atoms with Crippen molar-refractivity contribution in [2.75, 3.05) is 0 Å². The molecule has 0 saturated heterocycles. The molecule has 1 amide bonds. The van der Waals surface area contributed by atoms with Gasteiger partial charge in [0.1, 0.15) is 5.76 Å². The van der Waals surface area contributed by atoms with Gasteiger partial charge in [-0.25, -0.2) is 14.9 Å². The van der Waals surface area contributed by atoms with Crippen LogP contribution in [0.1, 0.15) is 42.5 Å². The second kappa shape index (κ2) is 6.27. The van der Waals surface area contributed by atoms with E-state index in [1.807, 2.05) is 6.08 Å². The second-order valence-electron chi connectivity index (χ2n) is 5.56. The normalized spacial score (nSPS) is 18.1. The minimum absolute atomic E-state index is 0.0721. The fourth-order valence-electron chi connectivity index (χ4n) is 2.65. The van der Waals surface area contributed by atoms with Gasteiger partial charge in [-0.3, -0.25) is 10.0 Å². The maximum atomic E-state index is 13.9. The average Bonchev–Trinajstić information content (AvgIpc) is 2.48. The molecular weight excluding hydrogens is 287 g/mol. The van der Waals surface area contributed by atoms with Gasteiger partial charge < -0.3 is 4.74 Å². The van der Waals surface area contributed by atoms with Crippen molar-refractivity contribution >= 4 is 5.91 Å². The quantitative estimate of drug-likeness (QED) is 0.662. The van der Waals surface area contributed by atoms with Crippen molar-refractivity contribution in [2.45, 2.75) is 32.1 Å². The van der Waals surface area contributed by atoms with Crippen LogP contribution in [-0.4, -0.2) is 16.1 Å². The Hall–Kier alpha value is -2.21. The van der Waals surface area contributed by atoms with Crippen LogP contribution in [0.5, 0.6) is 5.88 Å². The first-order valence-electron chi connectivity index (χ1n) is 7.35. The SMILES string of the molecule is O=C(NO)c1cnc(OC2=CC=C(C3CCC3)CC2)c(F)c1. The van der Waals surface area contributed by atoms with E-state index in [2.05, 4.69) is 11.1 Å². The summed E-state index contributed by atoms with van der Waals surface area (Å²) in [5, 5.41) is 8.51. The van der Waals surface area contributed by atoms with Crippen LogP contribution in [0.2, 0.25) is 0 Å². The van der Waals surface area contributed by atoms with Crippen LogP contribution in [0.3, 0.4) is 0 Å². The molecule has 1 heterocycles. The summed E-state index contributed by atoms with van der Waals surface area (Å²) >= 11 is 0. The number of carbonyl (C=O) groups is 1. The molecule has 0 atom stereocenters. The molecule has 3 rings (SSSR count). The van der Waals surface area contributed by atoms with E-state index in [1.165, 1.54) is 30.3 Å². The van der Waals surface area contributed by atoms with Gasteiger partial charge >= 0.3 is 0 Å². The van der Waals surface area contributed by atoms with Gasteiger partial charge in [0.2, 0.25) is 0 Å². The zero-order chi connectivity index (χ0) is 15.5. The zero-order valence-electron chi connectivity index (χ0n) is 12.0. The summed E-state index contributed by atoms with van der Waals surface area (Å²) in [5.41, 5.74) is 2.80. The fraction of sp³-hybridized carbons (Fsp3) is 0.375. The molecule has 2 aliphatic carbocycles. The first-order valence-corrected chi connectivity index (χ1v) is 7.35. The van der Waals surface area contributed by atoms with E-state index in [1.54, 1.807) is 0 Å². The molecule has 0 unspecified atom stereocenters. The molecule has 1 aromatic rings. The second-order valence-corrected chi connectivity index (χ2v) is 5.56. The van der Waals surface area contributed by atoms with Gasteiger partial charge in [-0.2, -0.15) is 0 Å². The van der Waals surface area contributed by atoms with E-state index in [4.69, 9.17) is 9.94 Å². The van der Waals surface area contributed by atoms with E-state index in [0.29, 0.717) is 11.7 Å². The lowest BCUT2D eigenvalue weighted by Crippen LogP contribution is -2.19. The molecule has 0 spiro atoms. The van der Waals surface area contributed by atoms with Gasteiger partial charge in [-0.1, -0.05) is 18.1 Å². The van der Waals surface area contributed by atoms with E-state index >= 15 is 0 Å². The summed E-state index contributed by atoms with van der Waals surface area (Å²) < 4.78 is 19.3. The Morgan fingerprint density at radius 3 is 2.73 bits per heavy atom. The Balaban J connectivity index is 1.69. The molecule has 0 bridgehead atoms. The van der Waals surface area contributed by atoms with E-state index < -0.39 is 11.7 Å². The van der Waals surface area contributed by atoms with Gasteiger partial charge in [-0.05, 0) is 37.3 Å². The molecule has 0 radical (unpaired) electrons. The van der Waals surface area contributed by atoms with E-state index in [9.17, 15) is 9.18 Å². The van der Waals surface area contributed by atoms with Crippen molar-refractivity contribution in [3.8, 4) is 5.88 Å². The molecule has 116 valence electrons. The van der Waals surface area contributed by atoms with Crippen molar-refractivity contribution in [1.82, 2.24) is 10.5 Å². The number of allylic oxidation sites excluding steroid dienone is 4. The number of ether oxygens (including phenoxy) is 1. The molecule has 1 saturated carbocycles. The molecule has 1 fully saturated rings. The number of pyridine rings is 1. The third kappa shape index (κ3) is 3.01. The fourth-order valence-corrected chi connectivity index (χ4v) is 2.65. The molecule has 1 aromatic heterocycles. The highest BCUT2D eigenvalue weighted by molar-refractivity contribution is 5.93. The highest BCUT2D eigenvalue weighted by atomic mass is 19.1. The summed E-state index contributed by atoms with van der Waals surface area (Å²) in [6.07, 6.45) is 10.6. The van der Waals surface area contributed by atoms with Crippen LogP contribution < -0.4 is 10.2 Å². The lowest BCUT2D eigenvalue weighted by molar-refractivity contribution is 0.0705. The summed E-state index contributed by atoms with van der Waals surface area (Å²) in [4.78, 5) is 15.0. The summed E-state index contributed by atoms with van der Waals surface area (Å²) in [7, 11) is 0. The number of hydroxylamine groups is 1. The van der Waals surface area contributed by atoms with Gasteiger partial charge in [0.25, 0.3) is 11.8 Å². The van der Waals surface area contributed by atoms with E-state index in [0.717, 1.165) is 25.1 Å². The molecule has 5 nitrogen and oxygen atoms in total. The van der Waals surface area contributed by atoms with Crippen molar-refractivity contribution in [3.05, 3.63) is 47.1 Å². The van der Waals surface area contributed by atoms with Crippen LogP contribution in [0, 0.1) is 11.7 Å². The van der Waals surface area contributed by atoms with Gasteiger partial charge in [-0.15, -0.1) is 0 Å². The highest BCUT2D eigenvalue weighted by Crippen LogP contribution is 2.37. The summed E-state index contributed by atoms with van der Waals surface area (Å²) in [6.45, 7) is 0. The standard InChI is InChI=1S/C16H17FN2O3/c17-14-8-12(15(20)19-21)9-18-16(14)22-13-6-4-11(5-7-13)10-2-1-3-10/h4,6,8-10,21H,1-3,5,7H2,(H,19,20). The zero-order valence-corrected chi connectivity index (χ0v) is 12.0. The Morgan fingerprint density at radius 2 is 2.18 bits per heavy atom. The number of rotatable bonds is 4. The molecule has 22 heavy (non-hydrogen) atoms. The Morgan fingerprint density at radius 1 is 1.36 bits per heavy atom. The summed E-state index contributed by atoms with van der Waals surface area (Å²) in [6, 6.07) is 0.979. The molecular formula is C16H17FN2O3. The van der Waals surface area contributed by atoms with Gasteiger partial charge in [0.05, 0.1) is 5.56 Å². The number of nitrogens with zero attached hydrogens (tertiary/aromatic N) is 1. The Kier molecular flexibility index (Phi) is 4.20. The predicted molar refractivity (Wildman–Crippen MR) is 76.8 cm³/mol. The van der Waals surface area contributed by atoms with Gasteiger partial charge in [0, 0.05) is 12.6 Å². The van der Waals surface area contributed by atoms with Crippen molar-refractivity contribution in [3.63, 3.8) is 0 Å². The predicted octanol–water partition coefficient (Wildman–Crippen LogP) is 3.12. The largest absolute Gasteiger partial charge is 0.441 e. The van der Waals surface area contributed by atoms with Crippen molar-refractivity contribution < 1.29 is 19.1 Å². The minimum atomic E-state index is -0.817. The Labute approximate surface area is 127 Å². The molecule has 2 N–H and O–H groups in total. The third-order valence-corrected chi connectivity index (χ3v) is 4.17. The molecule has 0 aliphatic heterocycles. The number of aromatic nitrogens is 1. The van der Waals surface area contributed by atoms with Crippen LogP contribution >= 0.6 is 0 Å². The Bertz CT molecular complexity index is 651. The molecule has 0 aromatic carbocycles. The first kappa shape index (κ1) is 14.7. The van der Waals surface area contributed by atoms with Crippen LogP contribution in [0.15, 0.2) is 35.7 Å². The maximum absolute atomic E-state index is 13.9. The van der Waals surface area contributed by atoms with Crippen LogP contribution in [0.25, 0.3) is 0 Å². The van der Waals surface area contributed by atoms with Crippen LogP contribution in [0.4, 0.5) is 4.39 Å². The number of hydrogen-bond acceptors (Lipinski definition) is 4. The molecule has 2 aliphatic rings. The third-order valence-electron chi connectivity index (χ3n) is 4.17.